The van der Waals surface area contributed by atoms with Crippen LogP contribution in [0.3, 0.4) is 0 Å². The Labute approximate surface area is 687 Å². The number of fused-ring (bicyclic) bond motifs is 6. The van der Waals surface area contributed by atoms with Gasteiger partial charge in [-0.3, -0.25) is 0 Å². The summed E-state index contributed by atoms with van der Waals surface area (Å²) < 4.78 is 4.40. The van der Waals surface area contributed by atoms with Crippen molar-refractivity contribution < 1.29 is 0 Å². The predicted octanol–water partition coefficient (Wildman–Crippen LogP) is 23.2. The van der Waals surface area contributed by atoms with Crippen LogP contribution in [0.5, 0.6) is 0 Å². The van der Waals surface area contributed by atoms with E-state index in [1.807, 2.05) is 176 Å². The van der Waals surface area contributed by atoms with E-state index in [9.17, 15) is 42.1 Å². The SMILES string of the molecule is N#Cc1cc(C#N)cc(-c2ccc3c(c2)c2cc(-c4cc(C#N)cc(C#N)c4)ccc2n3-c2ccc(-c3cccc(-c4ccc(-n5c6ccc(-c7cc(C#N)cc(C#N)c7)cc6c6cc(-c7cc(C#N)cc(C#N)c7)ccc65)c(-c5nc(-c6ccccc6)nc(-c6ccccc6)n5)c4)c3)cc2-c2nc(-c3ccccc3)nc(-c3ccccc3)n2)c1. The van der Waals surface area contributed by atoms with Crippen molar-refractivity contribution in [3.63, 3.8) is 0 Å². The zero-order valence-corrected chi connectivity index (χ0v) is 63.3. The van der Waals surface area contributed by atoms with Gasteiger partial charge in [0, 0.05) is 54.9 Å². The second kappa shape index (κ2) is 30.4. The molecule has 0 spiro atoms. The molecule has 0 unspecified atom stereocenters. The van der Waals surface area contributed by atoms with Crippen LogP contribution < -0.4 is 0 Å². The molecule has 120 heavy (non-hydrogen) atoms. The van der Waals surface area contributed by atoms with Gasteiger partial charge < -0.3 is 9.13 Å². The summed E-state index contributed by atoms with van der Waals surface area (Å²) in [4.78, 5) is 32.0. The molecule has 0 fully saturated rings. The fourth-order valence-electron chi connectivity index (χ4n) is 15.9. The summed E-state index contributed by atoms with van der Waals surface area (Å²) in [5, 5.41) is 84.9. The Kier molecular flexibility index (Phi) is 18.3. The minimum absolute atomic E-state index is 0.344. The van der Waals surface area contributed by atoms with Crippen LogP contribution in [0.25, 0.3) is 190 Å². The molecule has 4 aromatic heterocycles. The standard InChI is InChI=1S/C104H54N16/c105-55-63-36-64(56-106)41-83(40-63)79-26-30-93-87(49-79)88-50-80(84-42-65(57-107)37-66(43-84)58-108)27-31-94(88)119(93)97-34-24-77(53-91(97)103-115-99(71-14-5-1-6-15-71)113-100(116-103)72-16-7-2-8-17-72)75-22-13-23-76(48-75)78-25-35-98(92(54-78)104-117-101(73-18-9-3-10-19-73)114-102(118-104)74-20-11-4-12-21-74)120-95-32-28-81(85-44-67(59-109)38-68(45-85)60-110)51-89(95)90-52-82(29-33-96(90)120)86-46-69(61-111)39-70(47-86)62-112/h1-54H. The largest absolute Gasteiger partial charge is 0.308 e. The van der Waals surface area contributed by atoms with Crippen LogP contribution in [0.1, 0.15) is 44.5 Å². The van der Waals surface area contributed by atoms with E-state index in [1.54, 1.807) is 72.8 Å². The molecule has 0 aliphatic rings. The van der Waals surface area contributed by atoms with Gasteiger partial charge in [0.2, 0.25) is 0 Å². The third-order valence-corrected chi connectivity index (χ3v) is 21.5. The molecule has 4 heterocycles. The normalized spacial score (nSPS) is 10.9. The van der Waals surface area contributed by atoms with E-state index in [4.69, 9.17) is 29.9 Å². The number of nitrogens with zero attached hydrogens (tertiary/aromatic N) is 16. The zero-order chi connectivity index (χ0) is 81.5. The van der Waals surface area contributed by atoms with E-state index in [1.165, 1.54) is 0 Å². The molecular formula is C104H54N16. The summed E-state index contributed by atoms with van der Waals surface area (Å²) in [7, 11) is 0. The number of rotatable bonds is 14. The predicted molar refractivity (Wildman–Crippen MR) is 465 cm³/mol. The average molecular weight is 1530 g/mol. The van der Waals surface area contributed by atoms with E-state index in [-0.39, 0.29) is 0 Å². The lowest BCUT2D eigenvalue weighted by molar-refractivity contribution is 1.06. The fourth-order valence-corrected chi connectivity index (χ4v) is 15.9. The van der Waals surface area contributed by atoms with Gasteiger partial charge in [0.05, 0.1) is 127 Å². The van der Waals surface area contributed by atoms with Crippen molar-refractivity contribution >= 4 is 43.6 Å². The maximum Gasteiger partial charge on any atom is 0.166 e. The van der Waals surface area contributed by atoms with Gasteiger partial charge in [-0.15, -0.1) is 0 Å². The van der Waals surface area contributed by atoms with Crippen LogP contribution >= 0.6 is 0 Å². The first kappa shape index (κ1) is 72.1. The second-order valence-electron chi connectivity index (χ2n) is 28.8. The van der Waals surface area contributed by atoms with Gasteiger partial charge in [-0.05, 0) is 218 Å². The van der Waals surface area contributed by atoms with Crippen molar-refractivity contribution in [1.82, 2.24) is 39.0 Å². The van der Waals surface area contributed by atoms with Crippen LogP contribution in [0.2, 0.25) is 0 Å². The monoisotopic (exact) mass is 1530 g/mol. The fraction of sp³-hybridized carbons (Fsp3) is 0. The molecule has 16 nitrogen and oxygen atoms in total. The Morgan fingerprint density at radius 3 is 0.617 bits per heavy atom. The van der Waals surface area contributed by atoms with Gasteiger partial charge in [0.1, 0.15) is 0 Å². The van der Waals surface area contributed by atoms with E-state index < -0.39 is 0 Å². The Balaban J connectivity index is 0.838. The Hall–Kier alpha value is -18.2. The molecule has 0 atom stereocenters. The van der Waals surface area contributed by atoms with E-state index >= 15 is 0 Å². The summed E-state index contributed by atoms with van der Waals surface area (Å²) in [5.74, 6) is 2.59. The van der Waals surface area contributed by atoms with Crippen LogP contribution in [-0.2, 0) is 0 Å². The Morgan fingerprint density at radius 2 is 0.375 bits per heavy atom. The van der Waals surface area contributed by atoms with Crippen molar-refractivity contribution in [1.29, 1.82) is 42.1 Å². The molecule has 0 saturated heterocycles. The third kappa shape index (κ3) is 13.4. The van der Waals surface area contributed by atoms with Crippen LogP contribution in [-0.4, -0.2) is 39.0 Å². The van der Waals surface area contributed by atoms with Crippen molar-refractivity contribution in [3.8, 4) is 195 Å². The molecule has 0 saturated carbocycles. The molecule has 0 bridgehead atoms. The van der Waals surface area contributed by atoms with Crippen molar-refractivity contribution in [2.45, 2.75) is 0 Å². The topological polar surface area (TPSA) is 278 Å². The lowest BCUT2D eigenvalue weighted by Gasteiger charge is -2.18. The highest BCUT2D eigenvalue weighted by Crippen LogP contribution is 2.46. The highest BCUT2D eigenvalue weighted by atomic mass is 15.1. The maximum atomic E-state index is 10.2. The van der Waals surface area contributed by atoms with Gasteiger partial charge in [0.15, 0.2) is 34.9 Å². The summed E-state index contributed by atoms with van der Waals surface area (Å²) in [5.41, 5.74) is 21.0. The van der Waals surface area contributed by atoms with Crippen LogP contribution in [0.15, 0.2) is 328 Å². The highest BCUT2D eigenvalue weighted by Gasteiger charge is 2.26. The van der Waals surface area contributed by atoms with Gasteiger partial charge in [-0.25, -0.2) is 29.9 Å². The number of nitriles is 8. The third-order valence-electron chi connectivity index (χ3n) is 21.5. The van der Waals surface area contributed by atoms with E-state index in [2.05, 4.69) is 137 Å². The summed E-state index contributed by atoms with van der Waals surface area (Å²) >= 11 is 0. The minimum Gasteiger partial charge on any atom is -0.308 e. The van der Waals surface area contributed by atoms with Crippen molar-refractivity contribution in [3.05, 3.63) is 372 Å². The summed E-state index contributed by atoms with van der Waals surface area (Å²) in [6.45, 7) is 0. The molecule has 0 aliphatic carbocycles. The van der Waals surface area contributed by atoms with Gasteiger partial charge in [0.25, 0.3) is 0 Å². The smallest absolute Gasteiger partial charge is 0.166 e. The Bertz CT molecular complexity index is 6910. The molecule has 19 rings (SSSR count). The first-order valence-electron chi connectivity index (χ1n) is 38.1. The second-order valence-corrected chi connectivity index (χ2v) is 28.8. The summed E-state index contributed by atoms with van der Waals surface area (Å²) in [6, 6.07) is 123. The molecule has 0 N–H and O–H groups in total. The first-order valence-corrected chi connectivity index (χ1v) is 38.1. The molecular weight excluding hydrogens is 1470 g/mol. The van der Waals surface area contributed by atoms with Gasteiger partial charge in [-0.1, -0.05) is 176 Å². The minimum atomic E-state index is 0.344. The number of hydrogen-bond acceptors (Lipinski definition) is 14. The maximum absolute atomic E-state index is 10.2. The van der Waals surface area contributed by atoms with Gasteiger partial charge in [-0.2, -0.15) is 42.1 Å². The highest BCUT2D eigenvalue weighted by molar-refractivity contribution is 6.14. The molecule has 0 radical (unpaired) electrons. The Morgan fingerprint density at radius 1 is 0.167 bits per heavy atom. The van der Waals surface area contributed by atoms with Crippen molar-refractivity contribution in [2.24, 2.45) is 0 Å². The van der Waals surface area contributed by atoms with Crippen LogP contribution in [0, 0.1) is 90.6 Å². The molecule has 19 aromatic rings. The first-order chi connectivity index (χ1) is 59.0. The number of benzene rings is 15. The van der Waals surface area contributed by atoms with Crippen LogP contribution in [0.4, 0.5) is 0 Å². The summed E-state index contributed by atoms with van der Waals surface area (Å²) in [6.07, 6.45) is 0. The lowest BCUT2D eigenvalue weighted by atomic mass is 9.95. The lowest BCUT2D eigenvalue weighted by Crippen LogP contribution is -2.04. The van der Waals surface area contributed by atoms with Crippen molar-refractivity contribution in [2.75, 3.05) is 0 Å². The molecule has 0 aliphatic heterocycles. The number of hydrogen-bond donors (Lipinski definition) is 0. The van der Waals surface area contributed by atoms with Gasteiger partial charge >= 0.3 is 0 Å². The quantitative estimate of drug-likeness (QED) is 0.0979. The van der Waals surface area contributed by atoms with E-state index in [0.717, 1.165) is 122 Å². The molecule has 15 aromatic carbocycles. The van der Waals surface area contributed by atoms with E-state index in [0.29, 0.717) is 113 Å². The average Bonchev–Trinajstić information content (AvgIpc) is 1.58. The number of aromatic nitrogens is 8. The molecule has 0 amide bonds. The molecule has 550 valence electrons. The zero-order valence-electron chi connectivity index (χ0n) is 63.3. The molecule has 16 heteroatoms.